The maximum Gasteiger partial charge on any atom is 0.273 e. The lowest BCUT2D eigenvalue weighted by molar-refractivity contribution is -0.129. The summed E-state index contributed by atoms with van der Waals surface area (Å²) < 4.78 is 0. The molecule has 0 bridgehead atoms. The number of para-hydroxylation sites is 1. The van der Waals surface area contributed by atoms with E-state index in [0.717, 1.165) is 17.8 Å². The average Bonchev–Trinajstić information content (AvgIpc) is 3.25. The molecule has 0 radical (unpaired) electrons. The number of aryl methyl sites for hydroxylation is 1. The molecule has 2 aliphatic heterocycles. The van der Waals surface area contributed by atoms with E-state index in [9.17, 15) is 14.4 Å². The molecule has 3 amide bonds. The van der Waals surface area contributed by atoms with Crippen LogP contribution in [0.4, 0.5) is 10.8 Å². The standard InChI is InChI=1S/C19H21N5O3S/c1-3-4-11-23-16(26)13-7-5-6-8-14(13)24-15(25)9-10-19(23,24)17(27)20-18-22-21-12(2)28-18/h5-8H,3-4,9-11H2,1-2H3,(H,20,22,27)/t19-/m0/s1. The summed E-state index contributed by atoms with van der Waals surface area (Å²) in [4.78, 5) is 42.7. The number of carbonyl (C=O) groups is 3. The van der Waals surface area contributed by atoms with Crippen molar-refractivity contribution in [2.45, 2.75) is 45.2 Å². The molecule has 1 aromatic carbocycles. The van der Waals surface area contributed by atoms with Crippen LogP contribution in [0, 0.1) is 6.92 Å². The molecule has 1 N–H and O–H groups in total. The van der Waals surface area contributed by atoms with Gasteiger partial charge in [-0.25, -0.2) is 0 Å². The number of nitrogens with zero attached hydrogens (tertiary/aromatic N) is 4. The van der Waals surface area contributed by atoms with Crippen LogP contribution < -0.4 is 10.2 Å². The Kier molecular flexibility index (Phi) is 4.62. The zero-order valence-electron chi connectivity index (χ0n) is 15.8. The van der Waals surface area contributed by atoms with Crippen molar-refractivity contribution >= 4 is 39.9 Å². The molecule has 2 aliphatic rings. The molecule has 28 heavy (non-hydrogen) atoms. The van der Waals surface area contributed by atoms with Crippen LogP contribution in [-0.4, -0.2) is 45.0 Å². The molecule has 146 valence electrons. The third-order valence-corrected chi connectivity index (χ3v) is 5.97. The average molecular weight is 399 g/mol. The predicted molar refractivity (Wildman–Crippen MR) is 105 cm³/mol. The summed E-state index contributed by atoms with van der Waals surface area (Å²) in [6.07, 6.45) is 2.06. The molecule has 1 saturated heterocycles. The van der Waals surface area contributed by atoms with Gasteiger partial charge < -0.3 is 4.90 Å². The van der Waals surface area contributed by atoms with Crippen molar-refractivity contribution in [2.24, 2.45) is 0 Å². The van der Waals surface area contributed by atoms with Gasteiger partial charge in [-0.3, -0.25) is 24.6 Å². The molecule has 1 aromatic heterocycles. The maximum absolute atomic E-state index is 13.5. The van der Waals surface area contributed by atoms with Crippen molar-refractivity contribution in [3.05, 3.63) is 34.8 Å². The number of unbranched alkanes of at least 4 members (excludes halogenated alkanes) is 1. The van der Waals surface area contributed by atoms with E-state index in [2.05, 4.69) is 15.5 Å². The summed E-state index contributed by atoms with van der Waals surface area (Å²) in [5, 5.41) is 11.8. The van der Waals surface area contributed by atoms with E-state index < -0.39 is 11.6 Å². The number of nitrogens with one attached hydrogen (secondary N) is 1. The highest BCUT2D eigenvalue weighted by Crippen LogP contribution is 2.45. The SMILES string of the molecule is CCCCN1C(=O)c2ccccc2N2C(=O)CC[C@]12C(=O)Nc1nnc(C)s1. The highest BCUT2D eigenvalue weighted by molar-refractivity contribution is 7.15. The van der Waals surface area contributed by atoms with E-state index in [1.165, 1.54) is 16.2 Å². The number of benzene rings is 1. The Balaban J connectivity index is 1.83. The van der Waals surface area contributed by atoms with Crippen molar-refractivity contribution in [1.82, 2.24) is 15.1 Å². The molecule has 0 saturated carbocycles. The van der Waals surface area contributed by atoms with E-state index in [4.69, 9.17) is 0 Å². The van der Waals surface area contributed by atoms with Crippen LogP contribution in [-0.2, 0) is 9.59 Å². The first kappa shape index (κ1) is 18.5. The lowest BCUT2D eigenvalue weighted by Gasteiger charge is -2.49. The van der Waals surface area contributed by atoms with Gasteiger partial charge in [-0.2, -0.15) is 0 Å². The van der Waals surface area contributed by atoms with Gasteiger partial charge >= 0.3 is 0 Å². The highest BCUT2D eigenvalue weighted by atomic mass is 32.1. The van der Waals surface area contributed by atoms with Gasteiger partial charge in [-0.05, 0) is 25.5 Å². The molecule has 9 heteroatoms. The molecule has 1 fully saturated rings. The van der Waals surface area contributed by atoms with Gasteiger partial charge in [0.25, 0.3) is 11.8 Å². The summed E-state index contributed by atoms with van der Waals surface area (Å²) in [5.74, 6) is -0.808. The van der Waals surface area contributed by atoms with Crippen LogP contribution in [0.5, 0.6) is 0 Å². The zero-order valence-corrected chi connectivity index (χ0v) is 16.6. The Morgan fingerprint density at radius 1 is 1.29 bits per heavy atom. The minimum atomic E-state index is -1.38. The third kappa shape index (κ3) is 2.69. The monoisotopic (exact) mass is 399 g/mol. The number of anilines is 2. The minimum absolute atomic E-state index is 0.162. The molecular weight excluding hydrogens is 378 g/mol. The quantitative estimate of drug-likeness (QED) is 0.834. The fourth-order valence-electron chi connectivity index (χ4n) is 3.95. The molecule has 0 spiro atoms. The largest absolute Gasteiger partial charge is 0.307 e. The first-order valence-corrected chi connectivity index (χ1v) is 10.2. The van der Waals surface area contributed by atoms with Crippen molar-refractivity contribution in [3.8, 4) is 0 Å². The van der Waals surface area contributed by atoms with E-state index in [0.29, 0.717) is 22.9 Å². The van der Waals surface area contributed by atoms with Gasteiger partial charge in [0.1, 0.15) is 5.01 Å². The van der Waals surface area contributed by atoms with E-state index in [1.807, 2.05) is 6.92 Å². The molecule has 2 aromatic rings. The van der Waals surface area contributed by atoms with Gasteiger partial charge in [0.05, 0.1) is 11.3 Å². The zero-order chi connectivity index (χ0) is 19.9. The molecule has 3 heterocycles. The molecule has 1 atom stereocenters. The van der Waals surface area contributed by atoms with Crippen LogP contribution >= 0.6 is 11.3 Å². The summed E-state index contributed by atoms with van der Waals surface area (Å²) in [5.41, 5.74) is -0.438. The van der Waals surface area contributed by atoms with Gasteiger partial charge in [0, 0.05) is 19.4 Å². The number of hydrogen-bond donors (Lipinski definition) is 1. The molecule has 0 aliphatic carbocycles. The minimum Gasteiger partial charge on any atom is -0.307 e. The highest BCUT2D eigenvalue weighted by Gasteiger charge is 2.60. The molecule has 4 rings (SSSR count). The number of carbonyl (C=O) groups excluding carboxylic acids is 3. The number of amides is 3. The van der Waals surface area contributed by atoms with Crippen LogP contribution in [0.1, 0.15) is 48.0 Å². The number of aromatic nitrogens is 2. The second-order valence-electron chi connectivity index (χ2n) is 6.95. The van der Waals surface area contributed by atoms with Crippen molar-refractivity contribution in [2.75, 3.05) is 16.8 Å². The van der Waals surface area contributed by atoms with E-state index >= 15 is 0 Å². The lowest BCUT2D eigenvalue weighted by atomic mass is 9.95. The Labute approximate surface area is 166 Å². The van der Waals surface area contributed by atoms with Gasteiger partial charge in [-0.15, -0.1) is 10.2 Å². The van der Waals surface area contributed by atoms with Gasteiger partial charge in [0.15, 0.2) is 0 Å². The fraction of sp³-hybridized carbons (Fsp3) is 0.421. The van der Waals surface area contributed by atoms with Crippen LogP contribution in [0.2, 0.25) is 0 Å². The number of rotatable bonds is 5. The Morgan fingerprint density at radius 2 is 2.07 bits per heavy atom. The van der Waals surface area contributed by atoms with Crippen LogP contribution in [0.15, 0.2) is 24.3 Å². The molecular formula is C19H21N5O3S. The normalized spacial score (nSPS) is 20.9. The molecule has 0 unspecified atom stereocenters. The van der Waals surface area contributed by atoms with Crippen LogP contribution in [0.3, 0.4) is 0 Å². The van der Waals surface area contributed by atoms with Crippen molar-refractivity contribution in [1.29, 1.82) is 0 Å². The van der Waals surface area contributed by atoms with Crippen LogP contribution in [0.25, 0.3) is 0 Å². The number of hydrogen-bond acceptors (Lipinski definition) is 6. The summed E-state index contributed by atoms with van der Waals surface area (Å²) in [7, 11) is 0. The smallest absolute Gasteiger partial charge is 0.273 e. The second-order valence-corrected chi connectivity index (χ2v) is 8.14. The Bertz CT molecular complexity index is 959. The van der Waals surface area contributed by atoms with E-state index in [-0.39, 0.29) is 24.7 Å². The van der Waals surface area contributed by atoms with Crippen molar-refractivity contribution < 1.29 is 14.4 Å². The maximum atomic E-state index is 13.5. The topological polar surface area (TPSA) is 95.5 Å². The molecule has 8 nitrogen and oxygen atoms in total. The summed E-state index contributed by atoms with van der Waals surface area (Å²) in [6, 6.07) is 6.98. The second kappa shape index (κ2) is 6.97. The van der Waals surface area contributed by atoms with E-state index in [1.54, 1.807) is 36.1 Å². The lowest BCUT2D eigenvalue weighted by Crippen LogP contribution is -2.69. The van der Waals surface area contributed by atoms with Gasteiger partial charge in [-0.1, -0.05) is 36.8 Å². The fourth-order valence-corrected chi connectivity index (χ4v) is 4.53. The first-order chi connectivity index (χ1) is 13.5. The number of fused-ring (bicyclic) bond motifs is 3. The Morgan fingerprint density at radius 3 is 2.79 bits per heavy atom. The first-order valence-electron chi connectivity index (χ1n) is 9.34. The Hall–Kier alpha value is -2.81. The third-order valence-electron chi connectivity index (χ3n) is 5.22. The summed E-state index contributed by atoms with van der Waals surface area (Å²) in [6.45, 7) is 4.22. The van der Waals surface area contributed by atoms with Gasteiger partial charge in [0.2, 0.25) is 16.7 Å². The van der Waals surface area contributed by atoms with Crippen molar-refractivity contribution in [3.63, 3.8) is 0 Å². The predicted octanol–water partition coefficient (Wildman–Crippen LogP) is 2.56. The summed E-state index contributed by atoms with van der Waals surface area (Å²) >= 11 is 1.26.